The van der Waals surface area contributed by atoms with Gasteiger partial charge in [-0.05, 0) is 54.8 Å². The number of nitrogens with one attached hydrogen (secondary N) is 1. The van der Waals surface area contributed by atoms with Crippen LogP contribution in [0.25, 0.3) is 5.69 Å². The lowest BCUT2D eigenvalue weighted by Gasteiger charge is -2.11. The van der Waals surface area contributed by atoms with Crippen LogP contribution in [0.3, 0.4) is 0 Å². The molecular formula is C15H21N5OS. The third kappa shape index (κ3) is 3.85. The highest BCUT2D eigenvalue weighted by molar-refractivity contribution is 7.99. The van der Waals surface area contributed by atoms with Gasteiger partial charge in [0.05, 0.1) is 11.4 Å². The van der Waals surface area contributed by atoms with Crippen LogP contribution in [0.15, 0.2) is 23.4 Å². The van der Waals surface area contributed by atoms with E-state index in [-0.39, 0.29) is 11.9 Å². The highest BCUT2D eigenvalue weighted by Gasteiger charge is 2.14. The Kier molecular flexibility index (Phi) is 5.54. The first kappa shape index (κ1) is 16.5. The second-order valence-electron chi connectivity index (χ2n) is 5.26. The van der Waals surface area contributed by atoms with E-state index < -0.39 is 0 Å². The maximum absolute atomic E-state index is 11.9. The molecule has 1 aromatic carbocycles. The lowest BCUT2D eigenvalue weighted by molar-refractivity contribution is -0.119. The summed E-state index contributed by atoms with van der Waals surface area (Å²) in [5.41, 5.74) is 3.24. The van der Waals surface area contributed by atoms with Crippen molar-refractivity contribution >= 4 is 17.7 Å². The molecule has 1 heterocycles. The maximum Gasteiger partial charge on any atom is 0.230 e. The second-order valence-corrected chi connectivity index (χ2v) is 6.20. The fourth-order valence-electron chi connectivity index (χ4n) is 1.93. The summed E-state index contributed by atoms with van der Waals surface area (Å²) in [6.45, 7) is 8.12. The van der Waals surface area contributed by atoms with E-state index in [0.29, 0.717) is 10.9 Å². The summed E-state index contributed by atoms with van der Waals surface area (Å²) in [4.78, 5) is 11.9. The Labute approximate surface area is 134 Å². The number of rotatable bonds is 6. The fourth-order valence-corrected chi connectivity index (χ4v) is 2.63. The molecule has 0 aliphatic carbocycles. The Morgan fingerprint density at radius 1 is 1.41 bits per heavy atom. The lowest BCUT2D eigenvalue weighted by atomic mass is 10.1. The first-order valence-corrected chi connectivity index (χ1v) is 8.28. The number of hydrogen-bond donors (Lipinski definition) is 1. The molecule has 0 aliphatic rings. The van der Waals surface area contributed by atoms with Gasteiger partial charge in [-0.15, -0.1) is 5.10 Å². The quantitative estimate of drug-likeness (QED) is 0.827. The molecule has 1 unspecified atom stereocenters. The number of tetrazole rings is 1. The highest BCUT2D eigenvalue weighted by Crippen LogP contribution is 2.22. The van der Waals surface area contributed by atoms with Crippen molar-refractivity contribution in [2.75, 3.05) is 5.75 Å². The zero-order chi connectivity index (χ0) is 16.1. The van der Waals surface area contributed by atoms with Gasteiger partial charge in [-0.1, -0.05) is 30.8 Å². The molecule has 0 spiro atoms. The topological polar surface area (TPSA) is 72.7 Å². The Bertz CT molecular complexity index is 655. The molecule has 1 aromatic heterocycles. The van der Waals surface area contributed by atoms with E-state index in [1.807, 2.05) is 32.9 Å². The van der Waals surface area contributed by atoms with Crippen LogP contribution in [0.4, 0.5) is 0 Å². The average molecular weight is 319 g/mol. The van der Waals surface area contributed by atoms with Gasteiger partial charge < -0.3 is 5.32 Å². The predicted molar refractivity (Wildman–Crippen MR) is 87.2 cm³/mol. The van der Waals surface area contributed by atoms with Crippen LogP contribution in [-0.4, -0.2) is 37.9 Å². The molecule has 0 bridgehead atoms. The summed E-state index contributed by atoms with van der Waals surface area (Å²) < 4.78 is 1.68. The summed E-state index contributed by atoms with van der Waals surface area (Å²) in [6.07, 6.45) is 0.913. The number of hydrogen-bond acceptors (Lipinski definition) is 5. The van der Waals surface area contributed by atoms with Crippen LogP contribution in [0.2, 0.25) is 0 Å². The van der Waals surface area contributed by atoms with E-state index in [0.717, 1.165) is 17.7 Å². The van der Waals surface area contributed by atoms with E-state index >= 15 is 0 Å². The zero-order valence-corrected chi connectivity index (χ0v) is 14.1. The minimum atomic E-state index is -0.00476. The van der Waals surface area contributed by atoms with Crippen molar-refractivity contribution in [3.63, 3.8) is 0 Å². The van der Waals surface area contributed by atoms with Crippen molar-refractivity contribution in [3.05, 3.63) is 29.3 Å². The molecule has 0 radical (unpaired) electrons. The third-order valence-electron chi connectivity index (χ3n) is 3.60. The molecule has 1 amide bonds. The number of benzene rings is 1. The summed E-state index contributed by atoms with van der Waals surface area (Å²) in [5, 5.41) is 15.4. The van der Waals surface area contributed by atoms with Crippen LogP contribution in [0.1, 0.15) is 31.4 Å². The lowest BCUT2D eigenvalue weighted by Crippen LogP contribution is -2.33. The zero-order valence-electron chi connectivity index (χ0n) is 13.3. The van der Waals surface area contributed by atoms with Crippen molar-refractivity contribution in [2.24, 2.45) is 0 Å². The summed E-state index contributed by atoms with van der Waals surface area (Å²) in [5.74, 6) is 0.296. The van der Waals surface area contributed by atoms with E-state index in [1.54, 1.807) is 4.68 Å². The van der Waals surface area contributed by atoms with Gasteiger partial charge in [-0.25, -0.2) is 0 Å². The van der Waals surface area contributed by atoms with Gasteiger partial charge in [-0.2, -0.15) is 4.68 Å². The number of aryl methyl sites for hydroxylation is 1. The van der Waals surface area contributed by atoms with Crippen molar-refractivity contribution < 1.29 is 4.79 Å². The van der Waals surface area contributed by atoms with E-state index in [2.05, 4.69) is 33.8 Å². The minimum absolute atomic E-state index is 0.00476. The number of aromatic nitrogens is 4. The molecule has 0 fully saturated rings. The largest absolute Gasteiger partial charge is 0.353 e. The van der Waals surface area contributed by atoms with Gasteiger partial charge >= 0.3 is 0 Å². The van der Waals surface area contributed by atoms with Gasteiger partial charge in [0.2, 0.25) is 11.1 Å². The molecule has 0 saturated carbocycles. The molecule has 6 nitrogen and oxygen atoms in total. The smallest absolute Gasteiger partial charge is 0.230 e. The Morgan fingerprint density at radius 2 is 2.18 bits per heavy atom. The monoisotopic (exact) mass is 319 g/mol. The van der Waals surface area contributed by atoms with Crippen LogP contribution >= 0.6 is 11.8 Å². The van der Waals surface area contributed by atoms with Gasteiger partial charge in [0.15, 0.2) is 0 Å². The molecule has 2 aromatic rings. The Hall–Kier alpha value is -1.89. The first-order chi connectivity index (χ1) is 10.5. The normalized spacial score (nSPS) is 12.2. The number of thioether (sulfide) groups is 1. The molecule has 1 N–H and O–H groups in total. The molecule has 7 heteroatoms. The van der Waals surface area contributed by atoms with Crippen molar-refractivity contribution in [1.82, 2.24) is 25.5 Å². The summed E-state index contributed by atoms with van der Waals surface area (Å²) >= 11 is 1.34. The van der Waals surface area contributed by atoms with Gasteiger partial charge in [0, 0.05) is 6.04 Å². The van der Waals surface area contributed by atoms with E-state index in [4.69, 9.17) is 0 Å². The number of amides is 1. The summed E-state index contributed by atoms with van der Waals surface area (Å²) in [7, 11) is 0. The van der Waals surface area contributed by atoms with Crippen LogP contribution in [0.5, 0.6) is 0 Å². The van der Waals surface area contributed by atoms with Gasteiger partial charge in [0.1, 0.15) is 0 Å². The van der Waals surface area contributed by atoms with E-state index in [1.165, 1.54) is 17.3 Å². The average Bonchev–Trinajstić information content (AvgIpc) is 2.96. The SMILES string of the molecule is CCC(C)NC(=O)CSc1nnnn1-c1cccc(C)c1C. The maximum atomic E-state index is 11.9. The highest BCUT2D eigenvalue weighted by atomic mass is 32.2. The molecule has 22 heavy (non-hydrogen) atoms. The van der Waals surface area contributed by atoms with Crippen LogP contribution in [0, 0.1) is 13.8 Å². The number of nitrogens with zero attached hydrogens (tertiary/aromatic N) is 4. The third-order valence-corrected chi connectivity index (χ3v) is 4.52. The Balaban J connectivity index is 2.10. The van der Waals surface area contributed by atoms with E-state index in [9.17, 15) is 4.79 Å². The summed E-state index contributed by atoms with van der Waals surface area (Å²) in [6, 6.07) is 6.18. The molecule has 0 saturated heterocycles. The predicted octanol–water partition coefficient (Wildman–Crippen LogP) is 2.29. The van der Waals surface area contributed by atoms with Crippen LogP contribution < -0.4 is 5.32 Å². The van der Waals surface area contributed by atoms with Crippen molar-refractivity contribution in [3.8, 4) is 5.69 Å². The van der Waals surface area contributed by atoms with Crippen molar-refractivity contribution in [1.29, 1.82) is 0 Å². The molecular weight excluding hydrogens is 298 g/mol. The Morgan fingerprint density at radius 3 is 2.91 bits per heavy atom. The van der Waals surface area contributed by atoms with Crippen LogP contribution in [-0.2, 0) is 4.79 Å². The van der Waals surface area contributed by atoms with Gasteiger partial charge in [-0.3, -0.25) is 4.79 Å². The minimum Gasteiger partial charge on any atom is -0.353 e. The van der Waals surface area contributed by atoms with Gasteiger partial charge in [0.25, 0.3) is 0 Å². The molecule has 0 aliphatic heterocycles. The van der Waals surface area contributed by atoms with Crippen molar-refractivity contribution in [2.45, 2.75) is 45.3 Å². The molecule has 118 valence electrons. The second kappa shape index (κ2) is 7.40. The number of carbonyl (C=O) groups excluding carboxylic acids is 1. The number of carbonyl (C=O) groups is 1. The molecule has 1 atom stereocenters. The molecule has 2 rings (SSSR count). The fraction of sp³-hybridized carbons (Fsp3) is 0.467. The first-order valence-electron chi connectivity index (χ1n) is 7.30. The standard InChI is InChI=1S/C15H21N5OS/c1-5-11(3)16-14(21)9-22-15-17-18-19-20(15)13-8-6-7-10(2)12(13)4/h6-8,11H,5,9H2,1-4H3,(H,16,21).